The van der Waals surface area contributed by atoms with Crippen LogP contribution in [0.5, 0.6) is 5.75 Å². The van der Waals surface area contributed by atoms with E-state index in [1.807, 2.05) is 0 Å². The fourth-order valence-electron chi connectivity index (χ4n) is 4.26. The lowest BCUT2D eigenvalue weighted by atomic mass is 9.91. The first kappa shape index (κ1) is 17.0. The summed E-state index contributed by atoms with van der Waals surface area (Å²) in [4.78, 5) is 13.6. The molecule has 2 atom stereocenters. The molecule has 0 aliphatic carbocycles. The summed E-state index contributed by atoms with van der Waals surface area (Å²) in [6.45, 7) is 6.56. The summed E-state index contributed by atoms with van der Waals surface area (Å²) in [5.74, 6) is 0.363. The number of carbonyl (C=O) groups is 1. The molecule has 2 aromatic rings. The van der Waals surface area contributed by atoms with E-state index in [2.05, 4.69) is 52.4 Å². The molecule has 2 aliphatic rings. The normalized spacial score (nSPS) is 24.4. The average molecular weight is 356 g/mol. The number of rotatable bonds is 5. The smallest absolute Gasteiger partial charge is 0.303 e. The van der Waals surface area contributed by atoms with Crippen LogP contribution in [0.25, 0.3) is 0 Å². The van der Waals surface area contributed by atoms with Gasteiger partial charge in [-0.15, -0.1) is 0 Å². The number of benzene rings is 1. The van der Waals surface area contributed by atoms with E-state index in [1.165, 1.54) is 11.1 Å². The van der Waals surface area contributed by atoms with Crippen LogP contribution in [0, 0.1) is 5.92 Å². The van der Waals surface area contributed by atoms with Crippen molar-refractivity contribution in [1.29, 1.82) is 0 Å². The molecule has 0 unspecified atom stereocenters. The number of aromatic nitrogens is 3. The van der Waals surface area contributed by atoms with Crippen molar-refractivity contribution in [3.05, 3.63) is 41.2 Å². The van der Waals surface area contributed by atoms with Crippen LogP contribution in [0.1, 0.15) is 43.0 Å². The van der Waals surface area contributed by atoms with E-state index in [0.717, 1.165) is 37.5 Å². The maximum Gasteiger partial charge on any atom is 0.303 e. The third-order valence-corrected chi connectivity index (χ3v) is 5.30. The van der Waals surface area contributed by atoms with Crippen LogP contribution in [0.4, 0.5) is 0 Å². The molecular formula is C19H24N4O3. The van der Waals surface area contributed by atoms with E-state index < -0.39 is 5.97 Å². The lowest BCUT2D eigenvalue weighted by Crippen LogP contribution is -2.24. The van der Waals surface area contributed by atoms with Crippen LogP contribution in [-0.4, -0.2) is 50.1 Å². The molecule has 0 saturated carbocycles. The molecule has 2 N–H and O–H groups in total. The van der Waals surface area contributed by atoms with Gasteiger partial charge in [0.1, 0.15) is 11.4 Å². The molecule has 3 heterocycles. The summed E-state index contributed by atoms with van der Waals surface area (Å²) in [6, 6.07) is 6.38. The van der Waals surface area contributed by atoms with E-state index in [1.54, 1.807) is 6.20 Å². The van der Waals surface area contributed by atoms with Gasteiger partial charge in [0.15, 0.2) is 0 Å². The summed E-state index contributed by atoms with van der Waals surface area (Å²) in [7, 11) is 0. The number of H-pyrrole nitrogens is 1. The standard InChI is InChI=1S/C19H24N4O3/c1-19(2)7-13-5-12(3-4-17(13)26-19)9-23-10-14(6-18(24)25)15(11-23)16-8-20-22-21-16/h3-5,8,14-15H,6-7,9-11H2,1-2H3,(H,24,25)(H,20,21,22)/t14-,15+/m1/s1. The molecule has 2 aliphatic heterocycles. The molecule has 0 bridgehead atoms. The molecular weight excluding hydrogens is 332 g/mol. The Balaban J connectivity index is 1.48. The highest BCUT2D eigenvalue weighted by Gasteiger charge is 2.37. The Morgan fingerprint density at radius 3 is 3.00 bits per heavy atom. The first-order valence-corrected chi connectivity index (χ1v) is 9.00. The Bertz CT molecular complexity index is 803. The minimum absolute atomic E-state index is 0.0503. The summed E-state index contributed by atoms with van der Waals surface area (Å²) in [6.07, 6.45) is 2.78. The minimum Gasteiger partial charge on any atom is -0.487 e. The van der Waals surface area contributed by atoms with Crippen molar-refractivity contribution in [2.24, 2.45) is 5.92 Å². The van der Waals surface area contributed by atoms with Gasteiger partial charge in [-0.2, -0.15) is 15.4 Å². The molecule has 7 nitrogen and oxygen atoms in total. The predicted octanol–water partition coefficient (Wildman–Crippen LogP) is 2.21. The van der Waals surface area contributed by atoms with E-state index in [4.69, 9.17) is 4.74 Å². The molecule has 4 rings (SSSR count). The lowest BCUT2D eigenvalue weighted by Gasteiger charge is -2.16. The Hall–Kier alpha value is -2.41. The molecule has 0 spiro atoms. The van der Waals surface area contributed by atoms with Crippen molar-refractivity contribution >= 4 is 5.97 Å². The number of hydrogen-bond acceptors (Lipinski definition) is 5. The lowest BCUT2D eigenvalue weighted by molar-refractivity contribution is -0.138. The maximum absolute atomic E-state index is 11.2. The fourth-order valence-corrected chi connectivity index (χ4v) is 4.26. The third-order valence-electron chi connectivity index (χ3n) is 5.30. The highest BCUT2D eigenvalue weighted by atomic mass is 16.5. The van der Waals surface area contributed by atoms with Gasteiger partial charge in [-0.25, -0.2) is 0 Å². The fraction of sp³-hybridized carbons (Fsp3) is 0.526. The number of aliphatic carboxylic acids is 1. The van der Waals surface area contributed by atoms with Crippen LogP contribution in [-0.2, 0) is 17.8 Å². The average Bonchev–Trinajstić information content (AvgIpc) is 3.24. The van der Waals surface area contributed by atoms with Gasteiger partial charge < -0.3 is 9.84 Å². The highest BCUT2D eigenvalue weighted by Crippen LogP contribution is 2.37. The summed E-state index contributed by atoms with van der Waals surface area (Å²) < 4.78 is 5.95. The monoisotopic (exact) mass is 356 g/mol. The van der Waals surface area contributed by atoms with Crippen molar-refractivity contribution in [1.82, 2.24) is 20.3 Å². The Kier molecular flexibility index (Phi) is 4.19. The van der Waals surface area contributed by atoms with Crippen molar-refractivity contribution < 1.29 is 14.6 Å². The second-order valence-corrected chi connectivity index (χ2v) is 8.03. The van der Waals surface area contributed by atoms with Gasteiger partial charge in [-0.05, 0) is 37.0 Å². The second kappa shape index (κ2) is 6.39. The number of hydrogen-bond donors (Lipinski definition) is 2. The van der Waals surface area contributed by atoms with Crippen molar-refractivity contribution in [3.8, 4) is 5.75 Å². The van der Waals surface area contributed by atoms with E-state index >= 15 is 0 Å². The zero-order valence-electron chi connectivity index (χ0n) is 15.1. The molecule has 1 saturated heterocycles. The van der Waals surface area contributed by atoms with Crippen LogP contribution in [0.3, 0.4) is 0 Å². The minimum atomic E-state index is -0.762. The molecule has 1 aromatic carbocycles. The molecule has 7 heteroatoms. The third kappa shape index (κ3) is 3.44. The van der Waals surface area contributed by atoms with Gasteiger partial charge in [0.25, 0.3) is 0 Å². The zero-order valence-corrected chi connectivity index (χ0v) is 15.1. The highest BCUT2D eigenvalue weighted by molar-refractivity contribution is 5.67. The van der Waals surface area contributed by atoms with Gasteiger partial charge in [-0.3, -0.25) is 9.69 Å². The first-order chi connectivity index (χ1) is 12.4. The number of ether oxygens (including phenoxy) is 1. The number of carboxylic acids is 1. The molecule has 1 fully saturated rings. The predicted molar refractivity (Wildman–Crippen MR) is 95.0 cm³/mol. The summed E-state index contributed by atoms with van der Waals surface area (Å²) in [5, 5.41) is 20.0. The van der Waals surface area contributed by atoms with Crippen LogP contribution in [0.15, 0.2) is 24.4 Å². The molecule has 138 valence electrons. The first-order valence-electron chi connectivity index (χ1n) is 9.00. The van der Waals surface area contributed by atoms with E-state index in [9.17, 15) is 9.90 Å². The molecule has 0 amide bonds. The van der Waals surface area contributed by atoms with Gasteiger partial charge in [0.2, 0.25) is 0 Å². The quantitative estimate of drug-likeness (QED) is 0.853. The van der Waals surface area contributed by atoms with E-state index in [0.29, 0.717) is 0 Å². The number of fused-ring (bicyclic) bond motifs is 1. The molecule has 0 radical (unpaired) electrons. The number of carboxylic acid groups (broad SMARTS) is 1. The topological polar surface area (TPSA) is 91.3 Å². The van der Waals surface area contributed by atoms with Crippen LogP contribution < -0.4 is 4.74 Å². The number of nitrogens with one attached hydrogen (secondary N) is 1. The molecule has 26 heavy (non-hydrogen) atoms. The van der Waals surface area contributed by atoms with Gasteiger partial charge in [0, 0.05) is 32.0 Å². The Morgan fingerprint density at radius 1 is 1.42 bits per heavy atom. The van der Waals surface area contributed by atoms with Crippen molar-refractivity contribution in [3.63, 3.8) is 0 Å². The summed E-state index contributed by atoms with van der Waals surface area (Å²) >= 11 is 0. The Labute approximate surface area is 152 Å². The van der Waals surface area contributed by atoms with E-state index in [-0.39, 0.29) is 23.9 Å². The Morgan fingerprint density at radius 2 is 2.27 bits per heavy atom. The number of likely N-dealkylation sites (tertiary alicyclic amines) is 1. The summed E-state index contributed by atoms with van der Waals surface area (Å²) in [5.41, 5.74) is 3.20. The molecule has 1 aromatic heterocycles. The van der Waals surface area contributed by atoms with Crippen molar-refractivity contribution in [2.75, 3.05) is 13.1 Å². The second-order valence-electron chi connectivity index (χ2n) is 8.03. The number of aromatic amines is 1. The zero-order chi connectivity index (χ0) is 18.3. The largest absolute Gasteiger partial charge is 0.487 e. The van der Waals surface area contributed by atoms with Gasteiger partial charge >= 0.3 is 5.97 Å². The van der Waals surface area contributed by atoms with Crippen molar-refractivity contribution in [2.45, 2.75) is 44.8 Å². The van der Waals surface area contributed by atoms with Gasteiger partial charge in [0.05, 0.1) is 18.3 Å². The SMILES string of the molecule is CC1(C)Cc2cc(CN3C[C@@H](CC(=O)O)[C@@H](c4cn[nH]n4)C3)ccc2O1. The van der Waals surface area contributed by atoms with Crippen LogP contribution in [0.2, 0.25) is 0 Å². The number of nitrogens with zero attached hydrogens (tertiary/aromatic N) is 3. The van der Waals surface area contributed by atoms with Crippen LogP contribution >= 0.6 is 0 Å². The maximum atomic E-state index is 11.2. The van der Waals surface area contributed by atoms with Gasteiger partial charge in [-0.1, -0.05) is 12.1 Å².